The molecule has 4 heteroatoms. The first-order valence-corrected chi connectivity index (χ1v) is 4.84. The van der Waals surface area contributed by atoms with Crippen molar-refractivity contribution in [3.63, 3.8) is 0 Å². The highest BCUT2D eigenvalue weighted by atomic mass is 16.6. The summed E-state index contributed by atoms with van der Waals surface area (Å²) in [5, 5.41) is 7.03. The maximum absolute atomic E-state index is 5.15. The van der Waals surface area contributed by atoms with Crippen LogP contribution in [0.5, 0.6) is 0 Å². The van der Waals surface area contributed by atoms with Gasteiger partial charge in [-0.05, 0) is 34.1 Å². The first-order valence-electron chi connectivity index (χ1n) is 4.84. The van der Waals surface area contributed by atoms with Crippen LogP contribution in [0.2, 0.25) is 0 Å². The van der Waals surface area contributed by atoms with Gasteiger partial charge >= 0.3 is 6.02 Å². The van der Waals surface area contributed by atoms with E-state index in [1.54, 1.807) is 7.05 Å². The molecular weight excluding hydrogens is 178 g/mol. The largest absolute Gasteiger partial charge is 0.334 e. The fourth-order valence-electron chi connectivity index (χ4n) is 0.626. The summed E-state index contributed by atoms with van der Waals surface area (Å²) in [5.74, 6) is 0. The van der Waals surface area contributed by atoms with Crippen LogP contribution in [-0.2, 0) is 4.84 Å². The number of oxime groups is 1. The summed E-state index contributed by atoms with van der Waals surface area (Å²) in [7, 11) is 1.67. The first kappa shape index (κ1) is 12.9. The van der Waals surface area contributed by atoms with E-state index in [1.807, 2.05) is 34.6 Å². The van der Waals surface area contributed by atoms with Gasteiger partial charge < -0.3 is 10.2 Å². The van der Waals surface area contributed by atoms with Crippen LogP contribution >= 0.6 is 0 Å². The van der Waals surface area contributed by atoms with E-state index in [0.29, 0.717) is 6.02 Å². The summed E-state index contributed by atoms with van der Waals surface area (Å²) >= 11 is 0. The van der Waals surface area contributed by atoms with E-state index in [2.05, 4.69) is 15.5 Å². The van der Waals surface area contributed by atoms with E-state index in [4.69, 9.17) is 4.84 Å². The van der Waals surface area contributed by atoms with Gasteiger partial charge in [0.05, 0.1) is 5.71 Å². The Hall–Kier alpha value is -1.06. The third-order valence-electron chi connectivity index (χ3n) is 1.48. The predicted octanol–water partition coefficient (Wildman–Crippen LogP) is 2.16. The van der Waals surface area contributed by atoms with Crippen LogP contribution in [0.1, 0.15) is 41.0 Å². The minimum Gasteiger partial charge on any atom is -0.334 e. The molecule has 0 unspecified atom stereocenters. The van der Waals surface area contributed by atoms with Crippen molar-refractivity contribution in [3.05, 3.63) is 0 Å². The number of nitrogens with zero attached hydrogens (tertiary/aromatic N) is 2. The van der Waals surface area contributed by atoms with Crippen LogP contribution in [0, 0.1) is 0 Å². The second-order valence-corrected chi connectivity index (χ2v) is 4.18. The summed E-state index contributed by atoms with van der Waals surface area (Å²) in [6.45, 7) is 10.1. The van der Waals surface area contributed by atoms with Crippen molar-refractivity contribution in [2.45, 2.75) is 46.6 Å². The minimum atomic E-state index is -0.0650. The molecule has 0 rings (SSSR count). The average molecular weight is 199 g/mol. The Labute approximate surface area is 86.4 Å². The van der Waals surface area contributed by atoms with Crippen LogP contribution in [0.4, 0.5) is 0 Å². The van der Waals surface area contributed by atoms with Gasteiger partial charge in [-0.2, -0.15) is 0 Å². The molecule has 0 bridgehead atoms. The van der Waals surface area contributed by atoms with Crippen LogP contribution in [0.15, 0.2) is 10.1 Å². The Kier molecular flexibility index (Phi) is 5.20. The van der Waals surface area contributed by atoms with Gasteiger partial charge in [-0.1, -0.05) is 12.1 Å². The van der Waals surface area contributed by atoms with Gasteiger partial charge in [-0.15, -0.1) is 0 Å². The van der Waals surface area contributed by atoms with Crippen LogP contribution in [0.3, 0.4) is 0 Å². The summed E-state index contributed by atoms with van der Waals surface area (Å²) in [6, 6.07) is 0.449. The van der Waals surface area contributed by atoms with Crippen molar-refractivity contribution < 1.29 is 4.84 Å². The topological polar surface area (TPSA) is 46.0 Å². The molecule has 0 radical (unpaired) electrons. The molecule has 4 nitrogen and oxygen atoms in total. The predicted molar refractivity (Wildman–Crippen MR) is 60.7 cm³/mol. The van der Waals surface area contributed by atoms with Gasteiger partial charge in [0, 0.05) is 12.6 Å². The lowest BCUT2D eigenvalue weighted by Crippen LogP contribution is -2.41. The van der Waals surface area contributed by atoms with Gasteiger partial charge in [0.15, 0.2) is 0 Å². The maximum Gasteiger partial charge on any atom is 0.315 e. The highest BCUT2D eigenvalue weighted by Gasteiger charge is 2.12. The Morgan fingerprint density at radius 3 is 2.29 bits per heavy atom. The summed E-state index contributed by atoms with van der Waals surface area (Å²) in [6.07, 6.45) is 0.881. The molecule has 82 valence electrons. The van der Waals surface area contributed by atoms with Crippen molar-refractivity contribution in [2.75, 3.05) is 7.05 Å². The maximum atomic E-state index is 5.15. The highest BCUT2D eigenvalue weighted by Crippen LogP contribution is 1.99. The molecule has 0 aliphatic carbocycles. The third kappa shape index (κ3) is 6.46. The first-order chi connectivity index (χ1) is 6.39. The van der Waals surface area contributed by atoms with Crippen LogP contribution < -0.4 is 5.32 Å². The standard InChI is InChI=1S/C10H21N3O/c1-7-8(2)13-14-9(11-6)12-10(3,4)5/h7H2,1-6H3,(H,11,12). The lowest BCUT2D eigenvalue weighted by atomic mass is 10.1. The van der Waals surface area contributed by atoms with E-state index in [-0.39, 0.29) is 5.54 Å². The van der Waals surface area contributed by atoms with E-state index in [0.717, 1.165) is 12.1 Å². The quantitative estimate of drug-likeness (QED) is 0.421. The fourth-order valence-corrected chi connectivity index (χ4v) is 0.626. The smallest absolute Gasteiger partial charge is 0.315 e. The van der Waals surface area contributed by atoms with E-state index in [9.17, 15) is 0 Å². The molecule has 0 aliphatic rings. The molecule has 14 heavy (non-hydrogen) atoms. The average Bonchev–Trinajstić information content (AvgIpc) is 2.09. The number of aliphatic imine (C=N–C) groups is 1. The third-order valence-corrected chi connectivity index (χ3v) is 1.48. The highest BCUT2D eigenvalue weighted by molar-refractivity contribution is 5.82. The summed E-state index contributed by atoms with van der Waals surface area (Å²) in [5.41, 5.74) is 0.881. The molecule has 0 aromatic carbocycles. The van der Waals surface area contributed by atoms with E-state index >= 15 is 0 Å². The van der Waals surface area contributed by atoms with Crippen molar-refractivity contribution in [1.82, 2.24) is 5.32 Å². The van der Waals surface area contributed by atoms with Crippen LogP contribution in [-0.4, -0.2) is 24.3 Å². The monoisotopic (exact) mass is 199 g/mol. The molecule has 0 amide bonds. The zero-order valence-corrected chi connectivity index (χ0v) is 10.0. The molecule has 0 fully saturated rings. The molecule has 0 saturated carbocycles. The zero-order chi connectivity index (χ0) is 11.2. The SMILES string of the molecule is CCC(C)=NOC(=NC)NC(C)(C)C. The lowest BCUT2D eigenvalue weighted by molar-refractivity contribution is 0.291. The molecule has 0 aromatic heterocycles. The molecule has 0 spiro atoms. The summed E-state index contributed by atoms with van der Waals surface area (Å²) in [4.78, 5) is 9.10. The number of rotatable bonds is 2. The van der Waals surface area contributed by atoms with Crippen molar-refractivity contribution >= 4 is 11.7 Å². The van der Waals surface area contributed by atoms with E-state index in [1.165, 1.54) is 0 Å². The van der Waals surface area contributed by atoms with Crippen molar-refractivity contribution in [1.29, 1.82) is 0 Å². The van der Waals surface area contributed by atoms with Gasteiger partial charge in [0.2, 0.25) is 0 Å². The Balaban J connectivity index is 4.20. The Morgan fingerprint density at radius 1 is 1.36 bits per heavy atom. The van der Waals surface area contributed by atoms with Gasteiger partial charge in [-0.3, -0.25) is 0 Å². The van der Waals surface area contributed by atoms with E-state index < -0.39 is 0 Å². The molecular formula is C10H21N3O. The molecule has 0 atom stereocenters. The number of hydrogen-bond donors (Lipinski definition) is 1. The van der Waals surface area contributed by atoms with Crippen molar-refractivity contribution in [2.24, 2.45) is 10.1 Å². The number of hydrogen-bond acceptors (Lipinski definition) is 3. The van der Waals surface area contributed by atoms with Gasteiger partial charge in [-0.25, -0.2) is 4.99 Å². The van der Waals surface area contributed by atoms with Crippen molar-refractivity contribution in [3.8, 4) is 0 Å². The molecule has 0 aliphatic heterocycles. The fraction of sp³-hybridized carbons (Fsp3) is 0.800. The molecule has 0 saturated heterocycles. The lowest BCUT2D eigenvalue weighted by Gasteiger charge is -2.20. The normalized spacial score (nSPS) is 14.1. The van der Waals surface area contributed by atoms with Gasteiger partial charge in [0.1, 0.15) is 0 Å². The Morgan fingerprint density at radius 2 is 1.93 bits per heavy atom. The second kappa shape index (κ2) is 5.62. The Bertz CT molecular complexity index is 226. The summed E-state index contributed by atoms with van der Waals surface area (Å²) < 4.78 is 0. The second-order valence-electron chi connectivity index (χ2n) is 4.18. The van der Waals surface area contributed by atoms with Crippen LogP contribution in [0.25, 0.3) is 0 Å². The molecule has 0 aromatic rings. The van der Waals surface area contributed by atoms with Gasteiger partial charge in [0.25, 0.3) is 0 Å². The number of nitrogens with one attached hydrogen (secondary N) is 1. The molecule has 0 heterocycles. The molecule has 1 N–H and O–H groups in total. The zero-order valence-electron chi connectivity index (χ0n) is 10.0. The minimum absolute atomic E-state index is 0.0650. The number of amidine groups is 1.